The largest absolute Gasteiger partial charge is 0.0724 e. The predicted molar refractivity (Wildman–Crippen MR) is 132 cm³/mol. The molecule has 4 atom stereocenters. The Kier molecular flexibility index (Phi) is 7.48. The van der Waals surface area contributed by atoms with Gasteiger partial charge in [0.1, 0.15) is 0 Å². The third-order valence-electron chi connectivity index (χ3n) is 7.08. The lowest BCUT2D eigenvalue weighted by Gasteiger charge is -2.35. The molecule has 2 aliphatic heterocycles. The second-order valence-electron chi connectivity index (χ2n) is 10.3. The van der Waals surface area contributed by atoms with Crippen LogP contribution in [0.5, 0.6) is 0 Å². The van der Waals surface area contributed by atoms with Gasteiger partial charge >= 0.3 is 0 Å². The topological polar surface area (TPSA) is 0 Å². The molecule has 0 saturated carbocycles. The van der Waals surface area contributed by atoms with E-state index in [2.05, 4.69) is 79.7 Å². The molecule has 0 N–H and O–H groups in total. The minimum atomic E-state index is -0.164. The second-order valence-corrected chi connectivity index (χ2v) is 15.3. The molecule has 2 heterocycles. The Labute approximate surface area is 177 Å². The lowest BCUT2D eigenvalue weighted by Crippen LogP contribution is -2.31. The third-order valence-corrected chi connectivity index (χ3v) is 15.0. The third kappa shape index (κ3) is 4.30. The summed E-state index contributed by atoms with van der Waals surface area (Å²) in [5, 5.41) is 5.39. The van der Waals surface area contributed by atoms with Crippen molar-refractivity contribution in [2.75, 3.05) is 0 Å². The maximum atomic E-state index is 2.55. The molecule has 0 radical (unpaired) electrons. The summed E-state index contributed by atoms with van der Waals surface area (Å²) in [6.07, 6.45) is 5.63. The molecule has 1 unspecified atom stereocenters. The highest BCUT2D eigenvalue weighted by Crippen LogP contribution is 2.64. The molecule has 2 heteroatoms. The Morgan fingerprint density at radius 2 is 1.25 bits per heavy atom. The van der Waals surface area contributed by atoms with Gasteiger partial charge in [-0.15, -0.1) is 0 Å². The van der Waals surface area contributed by atoms with E-state index in [0.29, 0.717) is 0 Å². The molecular weight excluding hydrogens is 374 g/mol. The standard InChI is InChI=1S/C26H42P2/c1-17(2)21-13-14-22(18(3)4)27(21)25-11-9-10-12-26(25)28-23(19(5)6)15-16-24(28)20(7)8/h9-12,17-19,21-23H,13-16H2,1-8H3/t21-,22-,23-,28?/m1/s1. The molecule has 2 aliphatic rings. The van der Waals surface area contributed by atoms with Crippen molar-refractivity contribution in [3.05, 3.63) is 35.2 Å². The number of rotatable bonds is 5. The average molecular weight is 417 g/mol. The van der Waals surface area contributed by atoms with Crippen LogP contribution in [0.3, 0.4) is 0 Å². The van der Waals surface area contributed by atoms with Crippen molar-refractivity contribution >= 4 is 26.5 Å². The van der Waals surface area contributed by atoms with Crippen LogP contribution in [0.25, 0.3) is 0 Å². The van der Waals surface area contributed by atoms with Gasteiger partial charge in [-0.3, -0.25) is 0 Å². The van der Waals surface area contributed by atoms with E-state index in [1.54, 1.807) is 16.2 Å². The van der Waals surface area contributed by atoms with E-state index < -0.39 is 0 Å². The quantitative estimate of drug-likeness (QED) is 0.429. The molecule has 0 aromatic heterocycles. The normalized spacial score (nSPS) is 28.9. The van der Waals surface area contributed by atoms with Crippen LogP contribution < -0.4 is 10.6 Å². The van der Waals surface area contributed by atoms with Gasteiger partial charge in [-0.25, -0.2) is 0 Å². The first-order valence-electron chi connectivity index (χ1n) is 11.6. The first-order chi connectivity index (χ1) is 13.2. The fourth-order valence-corrected chi connectivity index (χ4v) is 13.7. The molecule has 0 nitrogen and oxygen atoms in total. The second kappa shape index (κ2) is 9.31. The smallest absolute Gasteiger partial charge is 0.0105 e. The number of hydrogen-bond acceptors (Lipinski definition) is 0. The molecule has 156 valence electrons. The summed E-state index contributed by atoms with van der Waals surface area (Å²) in [7, 11) is -0.230. The molecule has 28 heavy (non-hydrogen) atoms. The van der Waals surface area contributed by atoms with E-state index in [-0.39, 0.29) is 15.8 Å². The zero-order chi connectivity index (χ0) is 20.6. The van der Waals surface area contributed by atoms with E-state index >= 15 is 0 Å². The monoisotopic (exact) mass is 416 g/mol. The van der Waals surface area contributed by atoms with Crippen molar-refractivity contribution in [1.29, 1.82) is 0 Å². The summed E-state index contributed by atoms with van der Waals surface area (Å²) in [4.78, 5) is 0. The van der Waals surface area contributed by atoms with Gasteiger partial charge < -0.3 is 0 Å². The van der Waals surface area contributed by atoms with Crippen LogP contribution in [0.1, 0.15) is 81.1 Å². The Morgan fingerprint density at radius 3 is 1.71 bits per heavy atom. The molecule has 1 aromatic rings. The van der Waals surface area contributed by atoms with Gasteiger partial charge in [0.2, 0.25) is 0 Å². The van der Waals surface area contributed by atoms with Gasteiger partial charge in [-0.2, -0.15) is 0 Å². The van der Waals surface area contributed by atoms with Crippen LogP contribution in [0, 0.1) is 17.8 Å². The molecule has 0 bridgehead atoms. The molecule has 0 spiro atoms. The van der Waals surface area contributed by atoms with E-state index in [9.17, 15) is 0 Å². The van der Waals surface area contributed by atoms with Gasteiger partial charge in [0.25, 0.3) is 0 Å². The van der Waals surface area contributed by atoms with Crippen molar-refractivity contribution < 1.29 is 0 Å². The van der Waals surface area contributed by atoms with Gasteiger partial charge in [0.15, 0.2) is 0 Å². The van der Waals surface area contributed by atoms with Crippen molar-refractivity contribution in [3.8, 4) is 0 Å². The van der Waals surface area contributed by atoms with Crippen LogP contribution in [0.15, 0.2) is 35.2 Å². The minimum absolute atomic E-state index is 0.0659. The SMILES string of the molecule is CC(C)=C1CC[C@H](C(C)C)P1c1ccccc1P1[C@@H](C(C)C)CC[C@@H]1C(C)C. The zero-order valence-electron chi connectivity index (χ0n) is 19.5. The maximum absolute atomic E-state index is 2.55. The highest BCUT2D eigenvalue weighted by atomic mass is 31.1. The Balaban J connectivity index is 2.13. The molecule has 0 aliphatic carbocycles. The van der Waals surface area contributed by atoms with Crippen molar-refractivity contribution in [2.24, 2.45) is 17.8 Å². The fourth-order valence-electron chi connectivity index (χ4n) is 5.60. The number of allylic oxidation sites excluding steroid dienone is 2. The summed E-state index contributed by atoms with van der Waals surface area (Å²) in [6.45, 7) is 19.6. The molecule has 1 aromatic carbocycles. The van der Waals surface area contributed by atoms with Crippen LogP contribution in [-0.4, -0.2) is 17.0 Å². The first-order valence-corrected chi connectivity index (χ1v) is 14.5. The fraction of sp³-hybridized carbons (Fsp3) is 0.692. The van der Waals surface area contributed by atoms with Crippen LogP contribution in [-0.2, 0) is 0 Å². The minimum Gasteiger partial charge on any atom is -0.0724 e. The van der Waals surface area contributed by atoms with Crippen LogP contribution in [0.2, 0.25) is 0 Å². The summed E-state index contributed by atoms with van der Waals surface area (Å²) in [6, 6.07) is 9.77. The molecular formula is C26H42P2. The van der Waals surface area contributed by atoms with Crippen molar-refractivity contribution in [1.82, 2.24) is 0 Å². The number of hydrogen-bond donors (Lipinski definition) is 0. The van der Waals surface area contributed by atoms with E-state index in [0.717, 1.165) is 34.7 Å². The van der Waals surface area contributed by atoms with E-state index in [1.807, 2.05) is 5.31 Å². The van der Waals surface area contributed by atoms with Gasteiger partial charge in [0, 0.05) is 0 Å². The van der Waals surface area contributed by atoms with Gasteiger partial charge in [-0.05, 0) is 98.1 Å². The molecule has 0 amide bonds. The average Bonchev–Trinajstić information content (AvgIpc) is 3.26. The van der Waals surface area contributed by atoms with Crippen LogP contribution >= 0.6 is 15.8 Å². The summed E-state index contributed by atoms with van der Waals surface area (Å²) in [5.41, 5.74) is 4.29. The van der Waals surface area contributed by atoms with Crippen LogP contribution in [0.4, 0.5) is 0 Å². The van der Waals surface area contributed by atoms with E-state index in [1.165, 1.54) is 25.7 Å². The summed E-state index contributed by atoms with van der Waals surface area (Å²) in [5.74, 6) is 2.40. The Morgan fingerprint density at radius 1 is 0.750 bits per heavy atom. The zero-order valence-corrected chi connectivity index (χ0v) is 21.3. The van der Waals surface area contributed by atoms with Crippen molar-refractivity contribution in [2.45, 2.75) is 98.1 Å². The van der Waals surface area contributed by atoms with E-state index in [4.69, 9.17) is 0 Å². The Bertz CT molecular complexity index is 680. The predicted octanol–water partition coefficient (Wildman–Crippen LogP) is 7.86. The first kappa shape index (κ1) is 22.5. The molecule has 3 rings (SSSR count). The van der Waals surface area contributed by atoms with Gasteiger partial charge in [-0.1, -0.05) is 79.3 Å². The molecule has 2 fully saturated rings. The highest BCUT2D eigenvalue weighted by molar-refractivity contribution is 7.75. The summed E-state index contributed by atoms with van der Waals surface area (Å²) >= 11 is 0. The maximum Gasteiger partial charge on any atom is -0.0105 e. The molecule has 2 saturated heterocycles. The lowest BCUT2D eigenvalue weighted by molar-refractivity contribution is 0.543. The summed E-state index contributed by atoms with van der Waals surface area (Å²) < 4.78 is 0. The van der Waals surface area contributed by atoms with Crippen molar-refractivity contribution in [3.63, 3.8) is 0 Å². The van der Waals surface area contributed by atoms with Gasteiger partial charge in [0.05, 0.1) is 0 Å². The number of benzene rings is 1. The highest BCUT2D eigenvalue weighted by Gasteiger charge is 2.43. The Hall–Kier alpha value is -0.180. The lowest BCUT2D eigenvalue weighted by atomic mass is 10.0.